The molecule has 0 atom stereocenters. The van der Waals surface area contributed by atoms with Gasteiger partial charge < -0.3 is 9.84 Å². The number of allylic oxidation sites excluding steroid dienone is 1. The van der Waals surface area contributed by atoms with Gasteiger partial charge in [-0.15, -0.1) is 0 Å². The van der Waals surface area contributed by atoms with Crippen molar-refractivity contribution in [2.45, 2.75) is 6.42 Å². The maximum Gasteiger partial charge on any atom is 0.226 e. The van der Waals surface area contributed by atoms with Crippen molar-refractivity contribution in [3.8, 4) is 5.75 Å². The molecule has 0 saturated carbocycles. The SMILES string of the molecule is COc1ccc(Cc2cc(C(O)=CC(=O)c3ncn[nH]3)n[nH]2)cc1. The molecule has 0 saturated heterocycles. The number of methoxy groups -OCH3 is 1. The fraction of sp³-hybridized carbons (Fsp3) is 0.125. The van der Waals surface area contributed by atoms with Gasteiger partial charge in [-0.05, 0) is 23.8 Å². The van der Waals surface area contributed by atoms with E-state index >= 15 is 0 Å². The second-order valence-electron chi connectivity index (χ2n) is 5.03. The lowest BCUT2D eigenvalue weighted by molar-refractivity contribution is 0.103. The summed E-state index contributed by atoms with van der Waals surface area (Å²) < 4.78 is 5.12. The Bertz CT molecular complexity index is 850. The third-order valence-corrected chi connectivity index (χ3v) is 3.36. The first kappa shape index (κ1) is 15.5. The smallest absolute Gasteiger partial charge is 0.226 e. The minimum absolute atomic E-state index is 0.0514. The molecular formula is C16H15N5O3. The first-order valence-corrected chi connectivity index (χ1v) is 7.13. The Kier molecular flexibility index (Phi) is 4.37. The van der Waals surface area contributed by atoms with Gasteiger partial charge in [-0.2, -0.15) is 10.2 Å². The van der Waals surface area contributed by atoms with E-state index in [-0.39, 0.29) is 17.3 Å². The van der Waals surface area contributed by atoms with Crippen LogP contribution < -0.4 is 4.74 Å². The van der Waals surface area contributed by atoms with Gasteiger partial charge in [0, 0.05) is 18.2 Å². The standard InChI is InChI=1S/C16H15N5O3/c1-24-12-4-2-10(3-5-12)6-11-7-13(20-19-11)14(22)8-15(23)16-17-9-18-21-16/h2-5,7-9,22H,6H2,1H3,(H,19,20)(H,17,18,21). The molecule has 2 heterocycles. The van der Waals surface area contributed by atoms with Crippen LogP contribution >= 0.6 is 0 Å². The number of carbonyl (C=O) groups is 1. The van der Waals surface area contributed by atoms with E-state index in [1.165, 1.54) is 6.33 Å². The summed E-state index contributed by atoms with van der Waals surface area (Å²) in [6, 6.07) is 9.33. The van der Waals surface area contributed by atoms with Gasteiger partial charge >= 0.3 is 0 Å². The third kappa shape index (κ3) is 3.49. The maximum absolute atomic E-state index is 11.8. The first-order chi connectivity index (χ1) is 11.7. The molecule has 0 spiro atoms. The molecule has 2 aromatic heterocycles. The monoisotopic (exact) mass is 325 g/mol. The van der Waals surface area contributed by atoms with Gasteiger partial charge in [0.15, 0.2) is 5.82 Å². The lowest BCUT2D eigenvalue weighted by Crippen LogP contribution is -1.99. The van der Waals surface area contributed by atoms with Crippen molar-refractivity contribution in [2.24, 2.45) is 0 Å². The van der Waals surface area contributed by atoms with E-state index in [0.29, 0.717) is 6.42 Å². The van der Waals surface area contributed by atoms with Crippen molar-refractivity contribution >= 4 is 11.5 Å². The zero-order valence-electron chi connectivity index (χ0n) is 12.9. The number of hydrogen-bond acceptors (Lipinski definition) is 6. The van der Waals surface area contributed by atoms with Gasteiger partial charge in [-0.25, -0.2) is 4.98 Å². The van der Waals surface area contributed by atoms with E-state index in [1.54, 1.807) is 13.2 Å². The van der Waals surface area contributed by atoms with Crippen molar-refractivity contribution in [1.29, 1.82) is 0 Å². The lowest BCUT2D eigenvalue weighted by Gasteiger charge is -2.01. The van der Waals surface area contributed by atoms with Crippen LogP contribution in [-0.2, 0) is 6.42 Å². The van der Waals surface area contributed by atoms with Crippen molar-refractivity contribution in [3.63, 3.8) is 0 Å². The number of nitrogens with zero attached hydrogens (tertiary/aromatic N) is 3. The molecule has 8 nitrogen and oxygen atoms in total. The summed E-state index contributed by atoms with van der Waals surface area (Å²) in [5.41, 5.74) is 2.15. The zero-order valence-corrected chi connectivity index (χ0v) is 12.9. The van der Waals surface area contributed by atoms with E-state index in [4.69, 9.17) is 4.74 Å². The molecule has 0 fully saturated rings. The summed E-state index contributed by atoms with van der Waals surface area (Å²) >= 11 is 0. The van der Waals surface area contributed by atoms with E-state index < -0.39 is 5.78 Å². The molecule has 3 aromatic rings. The van der Waals surface area contributed by atoms with Gasteiger partial charge in [0.2, 0.25) is 5.78 Å². The number of nitrogens with one attached hydrogen (secondary N) is 2. The topological polar surface area (TPSA) is 117 Å². The van der Waals surface area contributed by atoms with Gasteiger partial charge in [0.25, 0.3) is 0 Å². The zero-order chi connectivity index (χ0) is 16.9. The molecule has 3 N–H and O–H groups in total. The average molecular weight is 325 g/mol. The Labute approximate surface area is 137 Å². The highest BCUT2D eigenvalue weighted by Gasteiger charge is 2.11. The van der Waals surface area contributed by atoms with Gasteiger partial charge in [-0.1, -0.05) is 12.1 Å². The number of aromatic nitrogens is 5. The number of ether oxygens (including phenoxy) is 1. The van der Waals surface area contributed by atoms with Gasteiger partial charge in [0.1, 0.15) is 23.5 Å². The van der Waals surface area contributed by atoms with Crippen LogP contribution in [0.2, 0.25) is 0 Å². The van der Waals surface area contributed by atoms with E-state index in [2.05, 4.69) is 25.4 Å². The van der Waals surface area contributed by atoms with Crippen molar-refractivity contribution in [1.82, 2.24) is 25.4 Å². The maximum atomic E-state index is 11.8. The first-order valence-electron chi connectivity index (χ1n) is 7.13. The number of rotatable bonds is 6. The summed E-state index contributed by atoms with van der Waals surface area (Å²) in [6.07, 6.45) is 2.88. The molecule has 122 valence electrons. The molecule has 1 aromatic carbocycles. The molecule has 24 heavy (non-hydrogen) atoms. The summed E-state index contributed by atoms with van der Waals surface area (Å²) in [7, 11) is 1.62. The number of aromatic amines is 2. The number of carbonyl (C=O) groups excluding carboxylic acids is 1. The Balaban J connectivity index is 1.71. The van der Waals surface area contributed by atoms with E-state index in [0.717, 1.165) is 23.1 Å². The van der Waals surface area contributed by atoms with Crippen molar-refractivity contribution in [3.05, 3.63) is 65.5 Å². The predicted molar refractivity (Wildman–Crippen MR) is 85.7 cm³/mol. The summed E-state index contributed by atoms with van der Waals surface area (Å²) in [6.45, 7) is 0. The lowest BCUT2D eigenvalue weighted by atomic mass is 10.1. The minimum Gasteiger partial charge on any atom is -0.505 e. The van der Waals surface area contributed by atoms with Crippen LogP contribution in [0.1, 0.15) is 27.6 Å². The predicted octanol–water partition coefficient (Wildman–Crippen LogP) is 1.91. The minimum atomic E-state index is -0.482. The Morgan fingerprint density at radius 3 is 2.75 bits per heavy atom. The molecule has 0 aliphatic heterocycles. The number of H-pyrrole nitrogens is 2. The molecule has 0 amide bonds. The van der Waals surface area contributed by atoms with Crippen LogP contribution in [0.5, 0.6) is 5.75 Å². The highest BCUT2D eigenvalue weighted by molar-refractivity contribution is 6.05. The molecule has 0 radical (unpaired) electrons. The number of ketones is 1. The van der Waals surface area contributed by atoms with Gasteiger partial charge in [0.05, 0.1) is 7.11 Å². The Hall–Kier alpha value is -3.42. The second-order valence-corrected chi connectivity index (χ2v) is 5.03. The van der Waals surface area contributed by atoms with E-state index in [9.17, 15) is 9.90 Å². The fourth-order valence-corrected chi connectivity index (χ4v) is 2.14. The van der Waals surface area contributed by atoms with Crippen LogP contribution in [0.4, 0.5) is 0 Å². The summed E-state index contributed by atoms with van der Waals surface area (Å²) in [5.74, 6) is 0.115. The Morgan fingerprint density at radius 2 is 2.08 bits per heavy atom. The average Bonchev–Trinajstić information content (AvgIpc) is 3.27. The van der Waals surface area contributed by atoms with E-state index in [1.807, 2.05) is 24.3 Å². The van der Waals surface area contributed by atoms with Crippen molar-refractivity contribution in [2.75, 3.05) is 7.11 Å². The fourth-order valence-electron chi connectivity index (χ4n) is 2.14. The second kappa shape index (κ2) is 6.78. The molecule has 0 aliphatic carbocycles. The van der Waals surface area contributed by atoms with Crippen LogP contribution in [0.3, 0.4) is 0 Å². The normalized spacial score (nSPS) is 11.5. The summed E-state index contributed by atoms with van der Waals surface area (Å²) in [4.78, 5) is 15.6. The molecule has 0 unspecified atom stereocenters. The highest BCUT2D eigenvalue weighted by Crippen LogP contribution is 2.16. The number of benzene rings is 1. The summed E-state index contributed by atoms with van der Waals surface area (Å²) in [5, 5.41) is 22.9. The molecular weight excluding hydrogens is 310 g/mol. The van der Waals surface area contributed by atoms with Gasteiger partial charge in [-0.3, -0.25) is 15.0 Å². The molecule has 0 aliphatic rings. The highest BCUT2D eigenvalue weighted by atomic mass is 16.5. The largest absolute Gasteiger partial charge is 0.505 e. The third-order valence-electron chi connectivity index (χ3n) is 3.36. The van der Waals surface area contributed by atoms with Crippen LogP contribution in [0, 0.1) is 0 Å². The van der Waals surface area contributed by atoms with Crippen LogP contribution in [-0.4, -0.2) is 43.4 Å². The van der Waals surface area contributed by atoms with Crippen LogP contribution in [0.25, 0.3) is 5.76 Å². The van der Waals surface area contributed by atoms with Crippen LogP contribution in [0.15, 0.2) is 42.7 Å². The quantitative estimate of drug-likeness (QED) is 0.362. The Morgan fingerprint density at radius 1 is 1.29 bits per heavy atom. The number of aliphatic hydroxyl groups is 1. The number of aliphatic hydroxyl groups excluding tert-OH is 1. The number of hydrogen-bond donors (Lipinski definition) is 3. The molecule has 0 bridgehead atoms. The molecule has 3 rings (SSSR count). The van der Waals surface area contributed by atoms with Crippen molar-refractivity contribution < 1.29 is 14.6 Å². The molecule has 8 heteroatoms.